The normalized spacial score (nSPS) is 20.2. The van der Waals surface area contributed by atoms with Gasteiger partial charge >= 0.3 is 0 Å². The molecule has 0 spiro atoms. The number of ether oxygens (including phenoxy) is 3. The third-order valence-electron chi connectivity index (χ3n) is 5.33. The van der Waals surface area contributed by atoms with Crippen molar-refractivity contribution in [3.05, 3.63) is 67.0 Å². The third kappa shape index (κ3) is 4.68. The number of rotatable bonds is 9. The van der Waals surface area contributed by atoms with Gasteiger partial charge in [-0.05, 0) is 61.5 Å². The van der Waals surface area contributed by atoms with E-state index in [1.807, 2.05) is 36.5 Å². The number of nitrogens with two attached hydrogens (primary N) is 1. The summed E-state index contributed by atoms with van der Waals surface area (Å²) in [6, 6.07) is 14.1. The molecule has 0 bridgehead atoms. The molecule has 0 radical (unpaired) electrons. The SMILES string of the molecule is CCOCCC1(Oc2ccc(Oc3ccc(-n4cccn4)cc3)cc2)C(=O)NC(=O)C(N)C1=O. The number of carbonyl (C=O) groups is 3. The minimum atomic E-state index is -1.97. The molecule has 3 N–H and O–H groups in total. The molecule has 176 valence electrons. The van der Waals surface area contributed by atoms with E-state index in [2.05, 4.69) is 10.4 Å². The molecule has 1 saturated heterocycles. The van der Waals surface area contributed by atoms with E-state index in [-0.39, 0.29) is 18.8 Å². The van der Waals surface area contributed by atoms with Crippen LogP contribution in [0.15, 0.2) is 67.0 Å². The number of amides is 2. The lowest BCUT2D eigenvalue weighted by Gasteiger charge is -2.36. The first-order chi connectivity index (χ1) is 16.4. The Kier molecular flexibility index (Phi) is 6.71. The molecule has 10 heteroatoms. The Morgan fingerprint density at radius 2 is 1.68 bits per heavy atom. The molecule has 1 aliphatic rings. The summed E-state index contributed by atoms with van der Waals surface area (Å²) in [6.45, 7) is 2.26. The monoisotopic (exact) mass is 464 g/mol. The van der Waals surface area contributed by atoms with E-state index in [1.54, 1.807) is 42.1 Å². The maximum absolute atomic E-state index is 12.9. The lowest BCUT2D eigenvalue weighted by atomic mass is 9.85. The van der Waals surface area contributed by atoms with Crippen LogP contribution in [0.3, 0.4) is 0 Å². The number of imide groups is 1. The second-order valence-electron chi connectivity index (χ2n) is 7.55. The van der Waals surface area contributed by atoms with Gasteiger partial charge in [0.15, 0.2) is 0 Å². The number of hydrogen-bond acceptors (Lipinski definition) is 8. The molecule has 1 fully saturated rings. The smallest absolute Gasteiger partial charge is 0.278 e. The Morgan fingerprint density at radius 3 is 2.29 bits per heavy atom. The minimum Gasteiger partial charge on any atom is -0.469 e. The summed E-state index contributed by atoms with van der Waals surface area (Å²) in [5, 5.41) is 6.30. The summed E-state index contributed by atoms with van der Waals surface area (Å²) in [5.41, 5.74) is 4.64. The van der Waals surface area contributed by atoms with Crippen molar-refractivity contribution in [2.45, 2.75) is 25.0 Å². The van der Waals surface area contributed by atoms with Gasteiger partial charge in [-0.15, -0.1) is 0 Å². The molecule has 2 amide bonds. The van der Waals surface area contributed by atoms with E-state index in [0.29, 0.717) is 18.1 Å². The molecule has 2 heterocycles. The first kappa shape index (κ1) is 23.1. The van der Waals surface area contributed by atoms with Crippen LogP contribution in [0.4, 0.5) is 0 Å². The minimum absolute atomic E-state index is 0.0757. The first-order valence-electron chi connectivity index (χ1n) is 10.7. The molecule has 3 aromatic rings. The number of piperidine rings is 1. The van der Waals surface area contributed by atoms with Gasteiger partial charge in [0, 0.05) is 25.4 Å². The van der Waals surface area contributed by atoms with Crippen LogP contribution >= 0.6 is 0 Å². The van der Waals surface area contributed by atoms with Crippen molar-refractivity contribution < 1.29 is 28.6 Å². The molecule has 0 saturated carbocycles. The average Bonchev–Trinajstić information content (AvgIpc) is 3.38. The second-order valence-corrected chi connectivity index (χ2v) is 7.55. The Hall–Kier alpha value is -4.02. The Bertz CT molecular complexity index is 1160. The zero-order valence-corrected chi connectivity index (χ0v) is 18.5. The molecular formula is C24H24N4O6. The van der Waals surface area contributed by atoms with Crippen LogP contribution in [0.1, 0.15) is 13.3 Å². The molecule has 2 atom stereocenters. The lowest BCUT2D eigenvalue weighted by molar-refractivity contribution is -0.159. The second kappa shape index (κ2) is 9.86. The van der Waals surface area contributed by atoms with Crippen molar-refractivity contribution in [2.75, 3.05) is 13.2 Å². The van der Waals surface area contributed by atoms with Crippen molar-refractivity contribution in [1.82, 2.24) is 15.1 Å². The molecule has 1 aliphatic heterocycles. The molecular weight excluding hydrogens is 440 g/mol. The zero-order valence-electron chi connectivity index (χ0n) is 18.5. The molecule has 10 nitrogen and oxygen atoms in total. The molecule has 2 unspecified atom stereocenters. The predicted octanol–water partition coefficient (Wildman–Crippen LogP) is 1.76. The summed E-state index contributed by atoms with van der Waals surface area (Å²) in [4.78, 5) is 37.4. The molecule has 0 aliphatic carbocycles. The number of hydrogen-bond donors (Lipinski definition) is 2. The van der Waals surface area contributed by atoms with Crippen LogP contribution in [0.25, 0.3) is 5.69 Å². The van der Waals surface area contributed by atoms with Crippen molar-refractivity contribution in [2.24, 2.45) is 5.73 Å². The van der Waals surface area contributed by atoms with Gasteiger partial charge in [0.1, 0.15) is 23.3 Å². The van der Waals surface area contributed by atoms with Crippen molar-refractivity contribution in [3.8, 4) is 22.9 Å². The number of nitrogens with one attached hydrogen (secondary N) is 1. The number of Topliss-reactive ketones (excluding diaryl/α,β-unsaturated/α-hetero) is 1. The van der Waals surface area contributed by atoms with Gasteiger partial charge in [-0.3, -0.25) is 19.7 Å². The van der Waals surface area contributed by atoms with E-state index >= 15 is 0 Å². The quantitative estimate of drug-likeness (QED) is 0.278. The fraction of sp³-hybridized carbons (Fsp3) is 0.250. The van der Waals surface area contributed by atoms with Crippen molar-refractivity contribution >= 4 is 17.6 Å². The Labute approximate surface area is 195 Å². The van der Waals surface area contributed by atoms with Crippen LogP contribution in [0, 0.1) is 0 Å². The Morgan fingerprint density at radius 1 is 1.03 bits per heavy atom. The van der Waals surface area contributed by atoms with Gasteiger partial charge in [0.2, 0.25) is 11.4 Å². The summed E-state index contributed by atoms with van der Waals surface area (Å²) in [5.74, 6) is -1.14. The lowest BCUT2D eigenvalue weighted by Crippen LogP contribution is -2.70. The zero-order chi connectivity index (χ0) is 24.1. The standard InChI is InChI=1S/C24H24N4O6/c1-2-32-15-12-24(21(29)20(25)22(30)27-23(24)31)34-19-10-8-18(9-11-19)33-17-6-4-16(5-7-17)28-14-3-13-26-28/h3-11,13-14,20H,2,12,15,25H2,1H3,(H,27,30,31). The molecule has 4 rings (SSSR count). The first-order valence-corrected chi connectivity index (χ1v) is 10.7. The average molecular weight is 464 g/mol. The maximum atomic E-state index is 12.9. The summed E-state index contributed by atoms with van der Waals surface area (Å²) < 4.78 is 18.8. The summed E-state index contributed by atoms with van der Waals surface area (Å²) >= 11 is 0. The van der Waals surface area contributed by atoms with Gasteiger partial charge in [-0.1, -0.05) is 0 Å². The van der Waals surface area contributed by atoms with Gasteiger partial charge in [0.05, 0.1) is 12.3 Å². The highest BCUT2D eigenvalue weighted by atomic mass is 16.5. The van der Waals surface area contributed by atoms with Gasteiger partial charge < -0.3 is 19.9 Å². The fourth-order valence-electron chi connectivity index (χ4n) is 3.52. The highest BCUT2D eigenvalue weighted by Gasteiger charge is 2.56. The third-order valence-corrected chi connectivity index (χ3v) is 5.33. The summed E-state index contributed by atoms with van der Waals surface area (Å²) in [6.07, 6.45) is 3.45. The number of ketones is 1. The predicted molar refractivity (Wildman–Crippen MR) is 121 cm³/mol. The van der Waals surface area contributed by atoms with E-state index in [9.17, 15) is 14.4 Å². The van der Waals surface area contributed by atoms with Crippen LogP contribution in [-0.2, 0) is 19.1 Å². The van der Waals surface area contributed by atoms with Gasteiger partial charge in [-0.2, -0.15) is 5.10 Å². The summed E-state index contributed by atoms with van der Waals surface area (Å²) in [7, 11) is 0. The van der Waals surface area contributed by atoms with Crippen LogP contribution < -0.4 is 20.5 Å². The van der Waals surface area contributed by atoms with Crippen LogP contribution in [-0.4, -0.2) is 52.2 Å². The largest absolute Gasteiger partial charge is 0.469 e. The number of carbonyl (C=O) groups excluding carboxylic acids is 3. The van der Waals surface area contributed by atoms with E-state index in [1.165, 1.54) is 0 Å². The van der Waals surface area contributed by atoms with Crippen LogP contribution in [0.2, 0.25) is 0 Å². The van der Waals surface area contributed by atoms with Gasteiger partial charge in [0.25, 0.3) is 11.8 Å². The number of aromatic nitrogens is 2. The number of nitrogens with zero attached hydrogens (tertiary/aromatic N) is 2. The van der Waals surface area contributed by atoms with Crippen molar-refractivity contribution in [1.29, 1.82) is 0 Å². The molecule has 1 aromatic heterocycles. The van der Waals surface area contributed by atoms with E-state index in [0.717, 1.165) is 5.69 Å². The number of benzene rings is 2. The van der Waals surface area contributed by atoms with Crippen molar-refractivity contribution in [3.63, 3.8) is 0 Å². The fourth-order valence-corrected chi connectivity index (χ4v) is 3.52. The molecule has 2 aromatic carbocycles. The van der Waals surface area contributed by atoms with Crippen LogP contribution in [0.5, 0.6) is 17.2 Å². The molecule has 34 heavy (non-hydrogen) atoms. The maximum Gasteiger partial charge on any atom is 0.278 e. The highest BCUT2D eigenvalue weighted by molar-refractivity contribution is 6.27. The van der Waals surface area contributed by atoms with Gasteiger partial charge in [-0.25, -0.2) is 4.68 Å². The van der Waals surface area contributed by atoms with E-state index in [4.69, 9.17) is 19.9 Å². The topological polar surface area (TPSA) is 135 Å². The Balaban J connectivity index is 1.48. The van der Waals surface area contributed by atoms with E-state index < -0.39 is 29.2 Å². The highest BCUT2D eigenvalue weighted by Crippen LogP contribution is 2.30.